The molecule has 0 aromatic heterocycles. The minimum atomic E-state index is -3.42. The highest BCUT2D eigenvalue weighted by Crippen LogP contribution is 2.26. The van der Waals surface area contributed by atoms with Crippen molar-refractivity contribution in [3.63, 3.8) is 0 Å². The highest BCUT2D eigenvalue weighted by molar-refractivity contribution is 7.92. The second-order valence-electron chi connectivity index (χ2n) is 5.32. The Hall–Kier alpha value is -0.290. The molecule has 1 saturated heterocycles. The van der Waals surface area contributed by atoms with Gasteiger partial charge in [-0.25, -0.2) is 8.42 Å². The maximum atomic E-state index is 12.2. The molecule has 17 heavy (non-hydrogen) atoms. The largest absolute Gasteiger partial charge is 0.340 e. The Bertz CT molecular complexity index is 405. The van der Waals surface area contributed by atoms with Crippen molar-refractivity contribution in [2.45, 2.75) is 37.3 Å². The third-order valence-corrected chi connectivity index (χ3v) is 6.19. The number of hydrogen-bond donors (Lipinski definition) is 0. The van der Waals surface area contributed by atoms with E-state index in [9.17, 15) is 13.2 Å². The Labute approximate surface area is 108 Å². The highest BCUT2D eigenvalue weighted by atomic mass is 35.5. The average molecular weight is 282 g/mol. The van der Waals surface area contributed by atoms with E-state index in [1.54, 1.807) is 4.90 Å². The summed E-state index contributed by atoms with van der Waals surface area (Å²) < 4.78 is 21.8. The molecule has 0 bridgehead atoms. The van der Waals surface area contributed by atoms with Crippen molar-refractivity contribution in [2.24, 2.45) is 5.92 Å². The van der Waals surface area contributed by atoms with Crippen LogP contribution in [0, 0.1) is 5.92 Å². The van der Waals surface area contributed by atoms with Crippen LogP contribution in [0.1, 0.15) is 27.2 Å². The summed E-state index contributed by atoms with van der Waals surface area (Å²) in [4.78, 5) is 13.8. The minimum absolute atomic E-state index is 0.0944. The van der Waals surface area contributed by atoms with E-state index in [1.807, 2.05) is 6.92 Å². The number of amides is 1. The topological polar surface area (TPSA) is 54.5 Å². The maximum Gasteiger partial charge on any atom is 0.243 e. The molecule has 1 aliphatic heterocycles. The zero-order valence-corrected chi connectivity index (χ0v) is 12.3. The Kier molecular flexibility index (Phi) is 4.14. The van der Waals surface area contributed by atoms with Gasteiger partial charge in [0.25, 0.3) is 0 Å². The highest BCUT2D eigenvalue weighted by Gasteiger charge is 2.42. The lowest BCUT2D eigenvalue weighted by atomic mass is 9.97. The summed E-state index contributed by atoms with van der Waals surface area (Å²) in [6.07, 6.45) is 1.91. The van der Waals surface area contributed by atoms with Crippen molar-refractivity contribution in [3.8, 4) is 0 Å². The van der Waals surface area contributed by atoms with Gasteiger partial charge in [-0.05, 0) is 26.2 Å². The molecule has 0 saturated carbocycles. The zero-order valence-electron chi connectivity index (χ0n) is 10.7. The standard InChI is InChI=1S/C11H20ClNO3S/c1-8-5-6-13(7-9(8)12)10(14)11(2,3)17(4,15)16/h8-9H,5-7H2,1-4H3. The number of carbonyl (C=O) groups is 1. The molecule has 2 atom stereocenters. The number of nitrogens with zero attached hydrogens (tertiary/aromatic N) is 1. The molecule has 1 heterocycles. The third-order valence-electron chi connectivity index (χ3n) is 3.60. The molecule has 0 aliphatic carbocycles. The normalized spacial score (nSPS) is 27.0. The first kappa shape index (κ1) is 14.8. The lowest BCUT2D eigenvalue weighted by Crippen LogP contribution is -2.54. The summed E-state index contributed by atoms with van der Waals surface area (Å²) >= 11 is 6.13. The van der Waals surface area contributed by atoms with Crippen LogP contribution in [0.2, 0.25) is 0 Å². The van der Waals surface area contributed by atoms with Crippen LogP contribution in [0.25, 0.3) is 0 Å². The van der Waals surface area contributed by atoms with Gasteiger partial charge in [0.2, 0.25) is 5.91 Å². The van der Waals surface area contributed by atoms with Crippen LogP contribution in [0.4, 0.5) is 0 Å². The van der Waals surface area contributed by atoms with Gasteiger partial charge in [-0.1, -0.05) is 6.92 Å². The Morgan fingerprint density at radius 3 is 2.35 bits per heavy atom. The molecule has 0 N–H and O–H groups in total. The van der Waals surface area contributed by atoms with E-state index in [-0.39, 0.29) is 11.3 Å². The van der Waals surface area contributed by atoms with Gasteiger partial charge in [0.05, 0.1) is 5.38 Å². The monoisotopic (exact) mass is 281 g/mol. The summed E-state index contributed by atoms with van der Waals surface area (Å²) in [5, 5.41) is -0.0944. The van der Waals surface area contributed by atoms with Gasteiger partial charge in [0.15, 0.2) is 9.84 Å². The van der Waals surface area contributed by atoms with Crippen LogP contribution in [0.5, 0.6) is 0 Å². The van der Waals surface area contributed by atoms with Crippen molar-refractivity contribution in [1.29, 1.82) is 0 Å². The van der Waals surface area contributed by atoms with Crippen molar-refractivity contribution >= 4 is 27.3 Å². The van der Waals surface area contributed by atoms with Crippen LogP contribution >= 0.6 is 11.6 Å². The molecule has 0 spiro atoms. The first-order valence-electron chi connectivity index (χ1n) is 5.70. The van der Waals surface area contributed by atoms with E-state index in [1.165, 1.54) is 13.8 Å². The first-order chi connectivity index (χ1) is 7.57. The molecule has 100 valence electrons. The zero-order chi connectivity index (χ0) is 13.4. The van der Waals surface area contributed by atoms with E-state index < -0.39 is 14.6 Å². The molecule has 1 fully saturated rings. The second kappa shape index (κ2) is 4.76. The fourth-order valence-corrected chi connectivity index (χ4v) is 2.48. The van der Waals surface area contributed by atoms with E-state index in [4.69, 9.17) is 11.6 Å². The number of likely N-dealkylation sites (tertiary alicyclic amines) is 1. The Morgan fingerprint density at radius 1 is 1.41 bits per heavy atom. The Balaban J connectivity index is 2.85. The van der Waals surface area contributed by atoms with Crippen molar-refractivity contribution in [3.05, 3.63) is 0 Å². The summed E-state index contributed by atoms with van der Waals surface area (Å²) in [6.45, 7) is 5.96. The SMILES string of the molecule is CC1CCN(C(=O)C(C)(C)S(C)(=O)=O)CC1Cl. The minimum Gasteiger partial charge on any atom is -0.340 e. The fourth-order valence-electron chi connectivity index (χ4n) is 1.75. The van der Waals surface area contributed by atoms with Crippen molar-refractivity contribution in [2.75, 3.05) is 19.3 Å². The van der Waals surface area contributed by atoms with E-state index >= 15 is 0 Å². The van der Waals surface area contributed by atoms with E-state index in [0.717, 1.165) is 12.7 Å². The predicted octanol–water partition coefficient (Wildman–Crippen LogP) is 1.29. The van der Waals surface area contributed by atoms with Crippen LogP contribution in [0.15, 0.2) is 0 Å². The maximum absolute atomic E-state index is 12.2. The van der Waals surface area contributed by atoms with Gasteiger partial charge in [0.1, 0.15) is 4.75 Å². The lowest BCUT2D eigenvalue weighted by molar-refractivity contribution is -0.134. The summed E-state index contributed by atoms with van der Waals surface area (Å²) in [6, 6.07) is 0. The molecule has 2 unspecified atom stereocenters. The number of sulfone groups is 1. The van der Waals surface area contributed by atoms with Gasteiger partial charge < -0.3 is 4.90 Å². The van der Waals surface area contributed by atoms with Crippen LogP contribution in [-0.4, -0.2) is 48.7 Å². The molecular formula is C11H20ClNO3S. The van der Waals surface area contributed by atoms with Crippen molar-refractivity contribution in [1.82, 2.24) is 4.90 Å². The number of carbonyl (C=O) groups excluding carboxylic acids is 1. The number of alkyl halides is 1. The molecule has 4 nitrogen and oxygen atoms in total. The Morgan fingerprint density at radius 2 is 1.94 bits per heavy atom. The van der Waals surface area contributed by atoms with Gasteiger partial charge in [-0.3, -0.25) is 4.79 Å². The number of halogens is 1. The fraction of sp³-hybridized carbons (Fsp3) is 0.909. The van der Waals surface area contributed by atoms with Gasteiger partial charge in [-0.15, -0.1) is 11.6 Å². The first-order valence-corrected chi connectivity index (χ1v) is 8.03. The third kappa shape index (κ3) is 2.94. The van der Waals surface area contributed by atoms with Crippen molar-refractivity contribution < 1.29 is 13.2 Å². The van der Waals surface area contributed by atoms with Gasteiger partial charge in [-0.2, -0.15) is 0 Å². The van der Waals surface area contributed by atoms with Crippen LogP contribution < -0.4 is 0 Å². The molecule has 0 radical (unpaired) electrons. The molecule has 1 rings (SSSR count). The van der Waals surface area contributed by atoms with E-state index in [2.05, 4.69) is 0 Å². The van der Waals surface area contributed by atoms with Gasteiger partial charge >= 0.3 is 0 Å². The summed E-state index contributed by atoms with van der Waals surface area (Å²) in [7, 11) is -3.42. The summed E-state index contributed by atoms with van der Waals surface area (Å²) in [5.41, 5.74) is 0. The molecule has 1 amide bonds. The molecule has 0 aromatic rings. The van der Waals surface area contributed by atoms with Crippen LogP contribution in [-0.2, 0) is 14.6 Å². The molecule has 0 aromatic carbocycles. The van der Waals surface area contributed by atoms with Crippen LogP contribution in [0.3, 0.4) is 0 Å². The predicted molar refractivity (Wildman–Crippen MR) is 68.9 cm³/mol. The smallest absolute Gasteiger partial charge is 0.243 e. The van der Waals surface area contributed by atoms with Gasteiger partial charge in [0, 0.05) is 19.3 Å². The molecular weight excluding hydrogens is 262 g/mol. The molecule has 6 heteroatoms. The average Bonchev–Trinajstić information content (AvgIpc) is 2.19. The van der Waals surface area contributed by atoms with E-state index in [0.29, 0.717) is 19.0 Å². The lowest BCUT2D eigenvalue weighted by Gasteiger charge is -2.37. The molecule has 1 aliphatic rings. The summed E-state index contributed by atoms with van der Waals surface area (Å²) in [5.74, 6) is 0.0135. The number of rotatable bonds is 2. The number of hydrogen-bond acceptors (Lipinski definition) is 3. The quantitative estimate of drug-likeness (QED) is 0.717. The number of piperidine rings is 1. The second-order valence-corrected chi connectivity index (χ2v) is 8.44.